The number of benzene rings is 2. The van der Waals surface area contributed by atoms with Crippen molar-refractivity contribution in [2.75, 3.05) is 25.3 Å². The third-order valence-corrected chi connectivity index (χ3v) is 6.88. The fourth-order valence-corrected chi connectivity index (χ4v) is 4.99. The first-order chi connectivity index (χ1) is 16.0. The second-order valence-corrected chi connectivity index (χ2v) is 9.13. The summed E-state index contributed by atoms with van der Waals surface area (Å²) in [7, 11) is 3.16. The van der Waals surface area contributed by atoms with Crippen molar-refractivity contribution in [3.63, 3.8) is 0 Å². The van der Waals surface area contributed by atoms with Crippen molar-refractivity contribution in [1.29, 1.82) is 0 Å². The molecule has 0 bridgehead atoms. The minimum absolute atomic E-state index is 0.0884. The SMILES string of the molecule is COc1ccccc1Cn1c(SCC(=O)Nc2cc(C)ccc2OC)nc2ccsc2c1=O. The van der Waals surface area contributed by atoms with Crippen LogP contribution in [0, 0.1) is 6.92 Å². The van der Waals surface area contributed by atoms with E-state index in [1.165, 1.54) is 23.1 Å². The van der Waals surface area contributed by atoms with Crippen LogP contribution in [0.4, 0.5) is 5.69 Å². The molecule has 0 unspecified atom stereocenters. The number of rotatable bonds is 8. The summed E-state index contributed by atoms with van der Waals surface area (Å²) in [4.78, 5) is 30.6. The van der Waals surface area contributed by atoms with Crippen molar-refractivity contribution < 1.29 is 14.3 Å². The van der Waals surface area contributed by atoms with Crippen molar-refractivity contribution in [3.8, 4) is 11.5 Å². The zero-order chi connectivity index (χ0) is 23.4. The van der Waals surface area contributed by atoms with Gasteiger partial charge >= 0.3 is 0 Å². The van der Waals surface area contributed by atoms with Gasteiger partial charge in [-0.1, -0.05) is 36.0 Å². The largest absolute Gasteiger partial charge is 0.496 e. The molecule has 7 nitrogen and oxygen atoms in total. The number of aryl methyl sites for hydroxylation is 1. The summed E-state index contributed by atoms with van der Waals surface area (Å²) in [6, 6.07) is 14.9. The van der Waals surface area contributed by atoms with E-state index in [0.29, 0.717) is 39.1 Å². The van der Waals surface area contributed by atoms with Crippen LogP contribution in [0.1, 0.15) is 11.1 Å². The number of anilines is 1. The van der Waals surface area contributed by atoms with Crippen molar-refractivity contribution >= 4 is 44.9 Å². The molecule has 2 aromatic carbocycles. The highest BCUT2D eigenvalue weighted by Crippen LogP contribution is 2.27. The number of carbonyl (C=O) groups excluding carboxylic acids is 1. The maximum atomic E-state index is 13.2. The van der Waals surface area contributed by atoms with E-state index in [4.69, 9.17) is 9.47 Å². The van der Waals surface area contributed by atoms with Gasteiger partial charge in [0.05, 0.1) is 37.7 Å². The number of thiophene rings is 1. The van der Waals surface area contributed by atoms with E-state index in [2.05, 4.69) is 10.3 Å². The van der Waals surface area contributed by atoms with Gasteiger partial charge in [-0.3, -0.25) is 14.2 Å². The third-order valence-electron chi connectivity index (χ3n) is 5.01. The summed E-state index contributed by atoms with van der Waals surface area (Å²) in [5, 5.41) is 5.21. The molecule has 2 aromatic heterocycles. The quantitative estimate of drug-likeness (QED) is 0.293. The first-order valence-corrected chi connectivity index (χ1v) is 12.0. The lowest BCUT2D eigenvalue weighted by Gasteiger charge is -2.14. The molecule has 1 amide bonds. The maximum Gasteiger partial charge on any atom is 0.272 e. The summed E-state index contributed by atoms with van der Waals surface area (Å²) in [6.45, 7) is 2.24. The number of nitrogens with one attached hydrogen (secondary N) is 1. The van der Waals surface area contributed by atoms with Crippen LogP contribution in [0.2, 0.25) is 0 Å². The molecule has 170 valence electrons. The molecule has 0 radical (unpaired) electrons. The summed E-state index contributed by atoms with van der Waals surface area (Å²) in [5.74, 6) is 1.15. The van der Waals surface area contributed by atoms with E-state index in [0.717, 1.165) is 11.1 Å². The molecule has 0 fully saturated rings. The Hall–Kier alpha value is -3.30. The Morgan fingerprint density at radius 3 is 2.70 bits per heavy atom. The van der Waals surface area contributed by atoms with E-state index >= 15 is 0 Å². The summed E-state index contributed by atoms with van der Waals surface area (Å²) >= 11 is 2.58. The number of ether oxygens (including phenoxy) is 2. The monoisotopic (exact) mass is 481 g/mol. The normalized spacial score (nSPS) is 10.9. The zero-order valence-corrected chi connectivity index (χ0v) is 20.1. The van der Waals surface area contributed by atoms with Crippen LogP contribution in [0.25, 0.3) is 10.2 Å². The smallest absolute Gasteiger partial charge is 0.272 e. The average molecular weight is 482 g/mol. The van der Waals surface area contributed by atoms with Gasteiger partial charge in [-0.2, -0.15) is 0 Å². The molecule has 0 aliphatic carbocycles. The number of hydrogen-bond donors (Lipinski definition) is 1. The number of carbonyl (C=O) groups is 1. The Balaban J connectivity index is 1.61. The number of aromatic nitrogens is 2. The molecule has 0 spiro atoms. The second-order valence-electron chi connectivity index (χ2n) is 7.27. The molecule has 0 aliphatic heterocycles. The first kappa shape index (κ1) is 22.9. The highest BCUT2D eigenvalue weighted by molar-refractivity contribution is 7.99. The van der Waals surface area contributed by atoms with E-state index in [1.807, 2.05) is 60.8 Å². The molecule has 4 aromatic rings. The van der Waals surface area contributed by atoms with Crippen molar-refractivity contribution in [2.45, 2.75) is 18.6 Å². The van der Waals surface area contributed by atoms with Gasteiger partial charge in [-0.15, -0.1) is 11.3 Å². The van der Waals surface area contributed by atoms with E-state index < -0.39 is 0 Å². The van der Waals surface area contributed by atoms with E-state index in [-0.39, 0.29) is 17.2 Å². The topological polar surface area (TPSA) is 82.4 Å². The molecule has 0 saturated carbocycles. The van der Waals surface area contributed by atoms with Gasteiger partial charge in [0.15, 0.2) is 5.16 Å². The maximum absolute atomic E-state index is 13.2. The molecule has 0 saturated heterocycles. The number of thioether (sulfide) groups is 1. The summed E-state index contributed by atoms with van der Waals surface area (Å²) < 4.78 is 13.0. The van der Waals surface area contributed by atoms with Crippen LogP contribution in [0.3, 0.4) is 0 Å². The Kier molecular flexibility index (Phi) is 7.00. The lowest BCUT2D eigenvalue weighted by molar-refractivity contribution is -0.113. The van der Waals surface area contributed by atoms with Crippen molar-refractivity contribution in [2.24, 2.45) is 0 Å². The van der Waals surface area contributed by atoms with E-state index in [9.17, 15) is 9.59 Å². The molecule has 0 atom stereocenters. The van der Waals surface area contributed by atoms with Gasteiger partial charge in [-0.25, -0.2) is 4.98 Å². The van der Waals surface area contributed by atoms with Gasteiger partial charge < -0.3 is 14.8 Å². The number of hydrogen-bond acceptors (Lipinski definition) is 7. The molecule has 2 heterocycles. The predicted octanol–water partition coefficient (Wildman–Crippen LogP) is 4.56. The number of para-hydroxylation sites is 1. The Morgan fingerprint density at radius 2 is 1.91 bits per heavy atom. The van der Waals surface area contributed by atoms with Crippen LogP contribution < -0.4 is 20.3 Å². The molecule has 4 rings (SSSR count). The predicted molar refractivity (Wildman–Crippen MR) is 133 cm³/mol. The van der Waals surface area contributed by atoms with Gasteiger partial charge in [0.2, 0.25) is 5.91 Å². The summed E-state index contributed by atoms with van der Waals surface area (Å²) in [6.07, 6.45) is 0. The van der Waals surface area contributed by atoms with Crippen LogP contribution in [-0.4, -0.2) is 35.4 Å². The second kappa shape index (κ2) is 10.1. The highest BCUT2D eigenvalue weighted by Gasteiger charge is 2.16. The summed E-state index contributed by atoms with van der Waals surface area (Å²) in [5.41, 5.74) is 2.97. The van der Waals surface area contributed by atoms with Gasteiger partial charge in [0.25, 0.3) is 5.56 Å². The number of fused-ring (bicyclic) bond motifs is 1. The zero-order valence-electron chi connectivity index (χ0n) is 18.5. The highest BCUT2D eigenvalue weighted by atomic mass is 32.2. The van der Waals surface area contributed by atoms with Crippen LogP contribution in [0.15, 0.2) is 63.9 Å². The van der Waals surface area contributed by atoms with Gasteiger partial charge in [-0.05, 0) is 42.1 Å². The first-order valence-electron chi connectivity index (χ1n) is 10.2. The lowest BCUT2D eigenvalue weighted by Crippen LogP contribution is -2.24. The Morgan fingerprint density at radius 1 is 1.12 bits per heavy atom. The number of amides is 1. The third kappa shape index (κ3) is 5.04. The van der Waals surface area contributed by atoms with Gasteiger partial charge in [0, 0.05) is 5.56 Å². The lowest BCUT2D eigenvalue weighted by atomic mass is 10.2. The fraction of sp³-hybridized carbons (Fsp3) is 0.208. The average Bonchev–Trinajstić information content (AvgIpc) is 3.29. The van der Waals surface area contributed by atoms with Crippen LogP contribution >= 0.6 is 23.1 Å². The molecule has 33 heavy (non-hydrogen) atoms. The molecule has 0 aliphatic rings. The molecular weight excluding hydrogens is 458 g/mol. The Bertz CT molecular complexity index is 1360. The molecule has 9 heteroatoms. The van der Waals surface area contributed by atoms with Crippen molar-refractivity contribution in [1.82, 2.24) is 9.55 Å². The van der Waals surface area contributed by atoms with Crippen molar-refractivity contribution in [3.05, 3.63) is 75.4 Å². The van der Waals surface area contributed by atoms with Crippen LogP contribution in [0.5, 0.6) is 11.5 Å². The minimum atomic E-state index is -0.215. The van der Waals surface area contributed by atoms with Gasteiger partial charge in [0.1, 0.15) is 16.2 Å². The standard InChI is InChI=1S/C24H23N3O4S2/c1-15-8-9-20(31-3)18(12-15)25-21(28)14-33-24-26-17-10-11-32-22(17)23(29)27(24)13-16-6-4-5-7-19(16)30-2/h4-12H,13-14H2,1-3H3,(H,25,28). The fourth-order valence-electron chi connectivity index (χ4n) is 3.41. The van der Waals surface area contributed by atoms with Crippen LogP contribution in [-0.2, 0) is 11.3 Å². The molecular formula is C24H23N3O4S2. The molecule has 1 N–H and O–H groups in total. The minimum Gasteiger partial charge on any atom is -0.496 e. The number of nitrogens with zero attached hydrogens (tertiary/aromatic N) is 2. The Labute approximate surface area is 199 Å². The number of methoxy groups -OCH3 is 2. The van der Waals surface area contributed by atoms with E-state index in [1.54, 1.807) is 18.8 Å².